The quantitative estimate of drug-likeness (QED) is 0.754. The van der Waals surface area contributed by atoms with Crippen LogP contribution in [0.4, 0.5) is 0 Å². The summed E-state index contributed by atoms with van der Waals surface area (Å²) in [5, 5.41) is 0. The second-order valence-electron chi connectivity index (χ2n) is 6.45. The zero-order valence-electron chi connectivity index (χ0n) is 14.6. The number of benzene rings is 2. The fourth-order valence-electron chi connectivity index (χ4n) is 2.76. The zero-order valence-corrected chi connectivity index (χ0v) is 14.6. The van der Waals surface area contributed by atoms with E-state index in [1.807, 2.05) is 6.07 Å². The molecule has 2 N–H and O–H groups in total. The Balaban J connectivity index is 2.09. The van der Waals surface area contributed by atoms with Gasteiger partial charge in [-0.05, 0) is 54.1 Å². The molecule has 0 aliphatic carbocycles. The molecular formula is C21H29NO. The average molecular weight is 311 g/mol. The summed E-state index contributed by atoms with van der Waals surface area (Å²) in [5.74, 6) is 1.86. The maximum atomic E-state index is 6.04. The maximum Gasteiger partial charge on any atom is 0.119 e. The topological polar surface area (TPSA) is 35.2 Å². The fraction of sp³-hybridized carbons (Fsp3) is 0.429. The molecular weight excluding hydrogens is 282 g/mol. The van der Waals surface area contributed by atoms with Crippen molar-refractivity contribution in [2.45, 2.75) is 45.4 Å². The van der Waals surface area contributed by atoms with Crippen molar-refractivity contribution in [3.8, 4) is 5.75 Å². The van der Waals surface area contributed by atoms with Gasteiger partial charge in [0, 0.05) is 5.92 Å². The summed E-state index contributed by atoms with van der Waals surface area (Å²) in [7, 11) is 0. The molecule has 0 bridgehead atoms. The van der Waals surface area contributed by atoms with Gasteiger partial charge in [0.25, 0.3) is 0 Å². The first-order valence-corrected chi connectivity index (χ1v) is 8.65. The first-order valence-electron chi connectivity index (χ1n) is 8.65. The summed E-state index contributed by atoms with van der Waals surface area (Å²) in [6.07, 6.45) is 1.97. The molecule has 0 amide bonds. The van der Waals surface area contributed by atoms with Crippen LogP contribution in [-0.2, 0) is 6.42 Å². The van der Waals surface area contributed by atoms with Gasteiger partial charge in [0.2, 0.25) is 0 Å². The zero-order chi connectivity index (χ0) is 16.7. The Morgan fingerprint density at radius 1 is 1.00 bits per heavy atom. The van der Waals surface area contributed by atoms with Crippen molar-refractivity contribution in [1.82, 2.24) is 0 Å². The van der Waals surface area contributed by atoms with Crippen molar-refractivity contribution in [3.05, 3.63) is 65.2 Å². The van der Waals surface area contributed by atoms with Gasteiger partial charge in [0.05, 0.1) is 6.61 Å². The third kappa shape index (κ3) is 5.11. The fourth-order valence-corrected chi connectivity index (χ4v) is 2.76. The lowest BCUT2D eigenvalue weighted by Crippen LogP contribution is -2.15. The molecule has 2 heteroatoms. The number of nitrogens with two attached hydrogens (primary N) is 1. The summed E-state index contributed by atoms with van der Waals surface area (Å²) in [4.78, 5) is 0. The van der Waals surface area contributed by atoms with E-state index in [9.17, 15) is 0 Å². The molecule has 0 saturated carbocycles. The van der Waals surface area contributed by atoms with Gasteiger partial charge >= 0.3 is 0 Å². The van der Waals surface area contributed by atoms with Crippen LogP contribution in [0.25, 0.3) is 0 Å². The molecule has 0 spiro atoms. The predicted octanol–water partition coefficient (Wildman–Crippen LogP) is 4.88. The van der Waals surface area contributed by atoms with Crippen molar-refractivity contribution in [2.24, 2.45) is 5.73 Å². The Morgan fingerprint density at radius 3 is 2.30 bits per heavy atom. The normalized spacial score (nSPS) is 12.4. The second-order valence-corrected chi connectivity index (χ2v) is 6.45. The predicted molar refractivity (Wildman–Crippen MR) is 98.3 cm³/mol. The molecule has 0 aromatic heterocycles. The van der Waals surface area contributed by atoms with Crippen LogP contribution in [-0.4, -0.2) is 13.2 Å². The smallest absolute Gasteiger partial charge is 0.119 e. The summed E-state index contributed by atoms with van der Waals surface area (Å²) in [6, 6.07) is 17.3. The van der Waals surface area contributed by atoms with Crippen LogP contribution in [0.3, 0.4) is 0 Å². The molecule has 0 aliphatic heterocycles. The van der Waals surface area contributed by atoms with E-state index in [-0.39, 0.29) is 0 Å². The molecule has 0 saturated heterocycles. The molecule has 0 heterocycles. The van der Waals surface area contributed by atoms with Gasteiger partial charge in [-0.25, -0.2) is 0 Å². The highest BCUT2D eigenvalue weighted by atomic mass is 16.5. The Morgan fingerprint density at radius 2 is 1.70 bits per heavy atom. The van der Waals surface area contributed by atoms with Gasteiger partial charge in [-0.2, -0.15) is 0 Å². The van der Waals surface area contributed by atoms with E-state index in [2.05, 4.69) is 63.2 Å². The highest BCUT2D eigenvalue weighted by molar-refractivity contribution is 5.32. The first-order chi connectivity index (χ1) is 11.1. The maximum absolute atomic E-state index is 6.04. The molecule has 0 aliphatic rings. The van der Waals surface area contributed by atoms with Crippen LogP contribution in [0.15, 0.2) is 48.5 Å². The van der Waals surface area contributed by atoms with Crippen LogP contribution in [0, 0.1) is 0 Å². The van der Waals surface area contributed by atoms with Gasteiger partial charge in [0.15, 0.2) is 0 Å². The third-order valence-corrected chi connectivity index (χ3v) is 4.21. The monoisotopic (exact) mass is 311 g/mol. The van der Waals surface area contributed by atoms with E-state index < -0.39 is 0 Å². The lowest BCUT2D eigenvalue weighted by molar-refractivity contribution is 0.317. The van der Waals surface area contributed by atoms with Gasteiger partial charge in [0.1, 0.15) is 5.75 Å². The van der Waals surface area contributed by atoms with Crippen molar-refractivity contribution in [3.63, 3.8) is 0 Å². The molecule has 0 fully saturated rings. The van der Waals surface area contributed by atoms with Crippen LogP contribution in [0.2, 0.25) is 0 Å². The standard InChI is InChI=1S/C21H29NO/c1-4-12-23-21-7-5-6-17(14-21)13-20(15-22)19-10-8-18(9-11-19)16(2)3/h5-11,14,16,20H,4,12-13,15,22H2,1-3H3. The lowest BCUT2D eigenvalue weighted by Gasteiger charge is -2.17. The largest absolute Gasteiger partial charge is 0.494 e. The van der Waals surface area contributed by atoms with Crippen molar-refractivity contribution in [1.29, 1.82) is 0 Å². The highest BCUT2D eigenvalue weighted by Gasteiger charge is 2.12. The van der Waals surface area contributed by atoms with E-state index in [1.165, 1.54) is 16.7 Å². The summed E-state index contributed by atoms with van der Waals surface area (Å²) in [6.45, 7) is 7.98. The van der Waals surface area contributed by atoms with Gasteiger partial charge in [-0.1, -0.05) is 57.2 Å². The van der Waals surface area contributed by atoms with E-state index in [4.69, 9.17) is 10.5 Å². The molecule has 2 aromatic carbocycles. The molecule has 124 valence electrons. The van der Waals surface area contributed by atoms with E-state index in [1.54, 1.807) is 0 Å². The van der Waals surface area contributed by atoms with Gasteiger partial charge in [-0.3, -0.25) is 0 Å². The van der Waals surface area contributed by atoms with Crippen LogP contribution in [0.1, 0.15) is 55.7 Å². The molecule has 0 radical (unpaired) electrons. The van der Waals surface area contributed by atoms with E-state index in [0.717, 1.165) is 25.2 Å². The second kappa shape index (κ2) is 8.73. The first kappa shape index (κ1) is 17.6. The lowest BCUT2D eigenvalue weighted by atomic mass is 9.90. The molecule has 2 rings (SSSR count). The molecule has 2 aromatic rings. The minimum atomic E-state index is 0.345. The Kier molecular flexibility index (Phi) is 6.66. The molecule has 23 heavy (non-hydrogen) atoms. The SMILES string of the molecule is CCCOc1cccc(CC(CN)c2ccc(C(C)C)cc2)c1. The van der Waals surface area contributed by atoms with Crippen molar-refractivity contribution >= 4 is 0 Å². The number of hydrogen-bond donors (Lipinski definition) is 1. The molecule has 2 nitrogen and oxygen atoms in total. The van der Waals surface area contributed by atoms with Crippen molar-refractivity contribution in [2.75, 3.05) is 13.2 Å². The number of rotatable bonds is 8. The Labute approximate surface area is 140 Å². The van der Waals surface area contributed by atoms with Crippen molar-refractivity contribution < 1.29 is 4.74 Å². The van der Waals surface area contributed by atoms with E-state index >= 15 is 0 Å². The van der Waals surface area contributed by atoms with Crippen LogP contribution in [0.5, 0.6) is 5.75 Å². The average Bonchev–Trinajstić information content (AvgIpc) is 2.58. The summed E-state index contributed by atoms with van der Waals surface area (Å²) >= 11 is 0. The minimum absolute atomic E-state index is 0.345. The Hall–Kier alpha value is -1.80. The number of ether oxygens (including phenoxy) is 1. The molecule has 1 unspecified atom stereocenters. The number of hydrogen-bond acceptors (Lipinski definition) is 2. The third-order valence-electron chi connectivity index (χ3n) is 4.21. The Bertz CT molecular complexity index is 589. The van der Waals surface area contributed by atoms with Crippen LogP contribution < -0.4 is 10.5 Å². The highest BCUT2D eigenvalue weighted by Crippen LogP contribution is 2.24. The summed E-state index contributed by atoms with van der Waals surface area (Å²) in [5.41, 5.74) is 10.0. The van der Waals surface area contributed by atoms with E-state index in [0.29, 0.717) is 18.4 Å². The van der Waals surface area contributed by atoms with Gasteiger partial charge in [-0.15, -0.1) is 0 Å². The summed E-state index contributed by atoms with van der Waals surface area (Å²) < 4.78 is 5.73. The van der Waals surface area contributed by atoms with Gasteiger partial charge < -0.3 is 10.5 Å². The minimum Gasteiger partial charge on any atom is -0.494 e. The van der Waals surface area contributed by atoms with Crippen LogP contribution >= 0.6 is 0 Å². The molecule has 1 atom stereocenters.